The number of para-hydroxylation sites is 1. The SMILES string of the molecule is COc1ccc(NC(=O)c2cnc(N3CCN(c4ccccc4F)CC3)nc2OC)cc1. The van der Waals surface area contributed by atoms with Gasteiger partial charge in [0.25, 0.3) is 5.91 Å². The van der Waals surface area contributed by atoms with Gasteiger partial charge in [0.15, 0.2) is 0 Å². The third kappa shape index (κ3) is 4.56. The number of amides is 1. The lowest BCUT2D eigenvalue weighted by Gasteiger charge is -2.36. The number of benzene rings is 2. The zero-order valence-electron chi connectivity index (χ0n) is 17.9. The van der Waals surface area contributed by atoms with Crippen LogP contribution in [0.2, 0.25) is 0 Å². The molecule has 0 aliphatic carbocycles. The third-order valence-electron chi connectivity index (χ3n) is 5.28. The van der Waals surface area contributed by atoms with Gasteiger partial charge in [0, 0.05) is 38.1 Å². The molecule has 1 N–H and O–H groups in total. The van der Waals surface area contributed by atoms with E-state index in [2.05, 4.69) is 15.3 Å². The minimum atomic E-state index is -0.372. The van der Waals surface area contributed by atoms with Crippen molar-refractivity contribution < 1.29 is 18.7 Å². The average Bonchev–Trinajstić information content (AvgIpc) is 2.84. The van der Waals surface area contributed by atoms with Gasteiger partial charge in [0.1, 0.15) is 17.1 Å². The predicted molar refractivity (Wildman–Crippen MR) is 120 cm³/mol. The summed E-state index contributed by atoms with van der Waals surface area (Å²) in [5.74, 6) is 0.756. The molecule has 1 fully saturated rings. The van der Waals surface area contributed by atoms with Crippen LogP contribution in [0.5, 0.6) is 11.6 Å². The Balaban J connectivity index is 1.44. The van der Waals surface area contributed by atoms with Crippen LogP contribution < -0.4 is 24.6 Å². The molecule has 32 heavy (non-hydrogen) atoms. The summed E-state index contributed by atoms with van der Waals surface area (Å²) in [7, 11) is 3.05. The summed E-state index contributed by atoms with van der Waals surface area (Å²) < 4.78 is 24.6. The lowest BCUT2D eigenvalue weighted by atomic mass is 10.2. The number of anilines is 3. The molecule has 2 aromatic carbocycles. The van der Waals surface area contributed by atoms with Crippen molar-refractivity contribution in [3.05, 3.63) is 66.1 Å². The molecule has 0 bridgehead atoms. The summed E-state index contributed by atoms with van der Waals surface area (Å²) in [6.07, 6.45) is 1.46. The molecule has 2 heterocycles. The Morgan fingerprint density at radius 2 is 1.66 bits per heavy atom. The summed E-state index contributed by atoms with van der Waals surface area (Å²) >= 11 is 0. The highest BCUT2D eigenvalue weighted by molar-refractivity contribution is 6.05. The van der Waals surface area contributed by atoms with Gasteiger partial charge in [0.05, 0.1) is 19.9 Å². The number of piperazine rings is 1. The molecule has 0 radical (unpaired) electrons. The number of methoxy groups -OCH3 is 2. The molecular formula is C23H24FN5O3. The van der Waals surface area contributed by atoms with E-state index in [-0.39, 0.29) is 23.2 Å². The maximum absolute atomic E-state index is 14.1. The van der Waals surface area contributed by atoms with Crippen molar-refractivity contribution in [1.82, 2.24) is 9.97 Å². The van der Waals surface area contributed by atoms with Gasteiger partial charge < -0.3 is 24.6 Å². The summed E-state index contributed by atoms with van der Waals surface area (Å²) in [4.78, 5) is 25.5. The van der Waals surface area contributed by atoms with E-state index in [0.717, 1.165) is 0 Å². The highest BCUT2D eigenvalue weighted by atomic mass is 19.1. The summed E-state index contributed by atoms with van der Waals surface area (Å²) in [5.41, 5.74) is 1.44. The van der Waals surface area contributed by atoms with Crippen molar-refractivity contribution in [3.63, 3.8) is 0 Å². The second-order valence-electron chi connectivity index (χ2n) is 7.20. The van der Waals surface area contributed by atoms with Crippen molar-refractivity contribution >= 4 is 23.2 Å². The zero-order valence-corrected chi connectivity index (χ0v) is 17.9. The van der Waals surface area contributed by atoms with Gasteiger partial charge >= 0.3 is 0 Å². The minimum Gasteiger partial charge on any atom is -0.497 e. The number of nitrogens with zero attached hydrogens (tertiary/aromatic N) is 4. The standard InChI is InChI=1S/C23H24FN5O3/c1-31-17-9-7-16(8-10-17)26-21(30)18-15-25-23(27-22(18)32-2)29-13-11-28(12-14-29)20-6-4-3-5-19(20)24/h3-10,15H,11-14H2,1-2H3,(H,26,30). The Labute approximate surface area is 185 Å². The molecule has 1 saturated heterocycles. The number of carbonyl (C=O) groups is 1. The van der Waals surface area contributed by atoms with Crippen molar-refractivity contribution in [1.29, 1.82) is 0 Å². The Morgan fingerprint density at radius 3 is 2.31 bits per heavy atom. The number of aromatic nitrogens is 2. The fraction of sp³-hybridized carbons (Fsp3) is 0.261. The number of ether oxygens (including phenoxy) is 2. The molecule has 1 aliphatic rings. The van der Waals surface area contributed by atoms with Crippen molar-refractivity contribution in [2.75, 3.05) is 55.5 Å². The maximum Gasteiger partial charge on any atom is 0.262 e. The van der Waals surface area contributed by atoms with Crippen LogP contribution in [0.15, 0.2) is 54.7 Å². The molecule has 166 valence electrons. The average molecular weight is 437 g/mol. The molecule has 0 unspecified atom stereocenters. The molecule has 0 atom stereocenters. The highest BCUT2D eigenvalue weighted by Crippen LogP contribution is 2.24. The van der Waals surface area contributed by atoms with E-state index in [0.29, 0.717) is 49.3 Å². The molecule has 4 rings (SSSR count). The monoisotopic (exact) mass is 437 g/mol. The zero-order chi connectivity index (χ0) is 22.5. The molecule has 0 spiro atoms. The Bertz CT molecular complexity index is 1090. The third-order valence-corrected chi connectivity index (χ3v) is 5.28. The lowest BCUT2D eigenvalue weighted by molar-refractivity contribution is 0.102. The van der Waals surface area contributed by atoms with Crippen molar-refractivity contribution in [2.24, 2.45) is 0 Å². The fourth-order valence-electron chi connectivity index (χ4n) is 3.55. The van der Waals surface area contributed by atoms with E-state index in [9.17, 15) is 9.18 Å². The molecule has 1 aromatic heterocycles. The minimum absolute atomic E-state index is 0.192. The molecular weight excluding hydrogens is 413 g/mol. The second-order valence-corrected chi connectivity index (χ2v) is 7.20. The first-order valence-corrected chi connectivity index (χ1v) is 10.2. The van der Waals surface area contributed by atoms with E-state index in [4.69, 9.17) is 9.47 Å². The number of halogens is 1. The molecule has 0 saturated carbocycles. The van der Waals surface area contributed by atoms with Crippen molar-refractivity contribution in [3.8, 4) is 11.6 Å². The number of hydrogen-bond acceptors (Lipinski definition) is 7. The second kappa shape index (κ2) is 9.51. The van der Waals surface area contributed by atoms with Crippen LogP contribution in [-0.4, -0.2) is 56.3 Å². The first kappa shape index (κ1) is 21.4. The predicted octanol–water partition coefficient (Wildman–Crippen LogP) is 3.21. The topological polar surface area (TPSA) is 79.8 Å². The van der Waals surface area contributed by atoms with Crippen LogP contribution in [0, 0.1) is 5.82 Å². The Morgan fingerprint density at radius 1 is 0.969 bits per heavy atom. The molecule has 8 nitrogen and oxygen atoms in total. The first-order chi connectivity index (χ1) is 15.6. The van der Waals surface area contributed by atoms with Crippen LogP contribution in [0.3, 0.4) is 0 Å². The number of rotatable bonds is 6. The molecule has 1 aliphatic heterocycles. The lowest BCUT2D eigenvalue weighted by Crippen LogP contribution is -2.47. The van der Waals surface area contributed by atoms with Gasteiger partial charge in [-0.25, -0.2) is 9.37 Å². The molecule has 3 aromatic rings. The van der Waals surface area contributed by atoms with E-state index < -0.39 is 0 Å². The molecule has 1 amide bonds. The van der Waals surface area contributed by atoms with Gasteiger partial charge in [-0.2, -0.15) is 4.98 Å². The van der Waals surface area contributed by atoms with E-state index in [1.54, 1.807) is 43.5 Å². The number of carbonyl (C=O) groups excluding carboxylic acids is 1. The quantitative estimate of drug-likeness (QED) is 0.634. The Hall–Kier alpha value is -3.88. The Kier molecular flexibility index (Phi) is 6.34. The largest absolute Gasteiger partial charge is 0.497 e. The van der Waals surface area contributed by atoms with Crippen LogP contribution in [0.1, 0.15) is 10.4 Å². The smallest absolute Gasteiger partial charge is 0.262 e. The summed E-state index contributed by atoms with van der Waals surface area (Å²) in [6, 6.07) is 13.8. The van der Waals surface area contributed by atoms with Crippen molar-refractivity contribution in [2.45, 2.75) is 0 Å². The highest BCUT2D eigenvalue weighted by Gasteiger charge is 2.23. The van der Waals surface area contributed by atoms with Gasteiger partial charge in [-0.15, -0.1) is 0 Å². The fourth-order valence-corrected chi connectivity index (χ4v) is 3.55. The normalized spacial score (nSPS) is 13.6. The van der Waals surface area contributed by atoms with Gasteiger partial charge in [0.2, 0.25) is 11.8 Å². The molecule has 9 heteroatoms. The van der Waals surface area contributed by atoms with Gasteiger partial charge in [-0.3, -0.25) is 4.79 Å². The van der Waals surface area contributed by atoms with E-state index in [1.165, 1.54) is 19.4 Å². The van der Waals surface area contributed by atoms with Gasteiger partial charge in [-0.05, 0) is 36.4 Å². The maximum atomic E-state index is 14.1. The summed E-state index contributed by atoms with van der Waals surface area (Å²) in [6.45, 7) is 2.50. The first-order valence-electron chi connectivity index (χ1n) is 10.2. The van der Waals surface area contributed by atoms with Crippen LogP contribution in [-0.2, 0) is 0 Å². The number of nitrogens with one attached hydrogen (secondary N) is 1. The van der Waals surface area contributed by atoms with E-state index in [1.807, 2.05) is 15.9 Å². The van der Waals surface area contributed by atoms with Gasteiger partial charge in [-0.1, -0.05) is 12.1 Å². The summed E-state index contributed by atoms with van der Waals surface area (Å²) in [5, 5.41) is 2.80. The van der Waals surface area contributed by atoms with Crippen LogP contribution in [0.4, 0.5) is 21.7 Å². The van der Waals surface area contributed by atoms with E-state index >= 15 is 0 Å². The van der Waals surface area contributed by atoms with Crippen LogP contribution >= 0.6 is 0 Å². The van der Waals surface area contributed by atoms with Crippen LogP contribution in [0.25, 0.3) is 0 Å². The number of hydrogen-bond donors (Lipinski definition) is 1.